The molecule has 0 fully saturated rings. The Morgan fingerprint density at radius 1 is 1.32 bits per heavy atom. The summed E-state index contributed by atoms with van der Waals surface area (Å²) in [4.78, 5) is 0. The van der Waals surface area contributed by atoms with Gasteiger partial charge >= 0.3 is 0 Å². The van der Waals surface area contributed by atoms with Gasteiger partial charge in [-0.25, -0.2) is 9.07 Å². The van der Waals surface area contributed by atoms with Crippen molar-refractivity contribution >= 4 is 0 Å². The highest BCUT2D eigenvalue weighted by molar-refractivity contribution is 5.61. The number of rotatable bonds is 6. The second kappa shape index (κ2) is 6.43. The molecule has 0 aliphatic rings. The Labute approximate surface area is 111 Å². The fourth-order valence-corrected chi connectivity index (χ4v) is 2.08. The van der Waals surface area contributed by atoms with Crippen molar-refractivity contribution in [1.82, 2.24) is 15.0 Å². The Morgan fingerprint density at radius 2 is 2.16 bits per heavy atom. The largest absolute Gasteiger partial charge is 0.390 e. The van der Waals surface area contributed by atoms with Gasteiger partial charge in [0.25, 0.3) is 0 Å². The van der Waals surface area contributed by atoms with E-state index in [9.17, 15) is 9.50 Å². The maximum atomic E-state index is 13.3. The van der Waals surface area contributed by atoms with E-state index in [1.165, 1.54) is 12.1 Å². The first kappa shape index (κ1) is 13.7. The molecule has 0 aliphatic carbocycles. The minimum absolute atomic E-state index is 0.195. The predicted molar refractivity (Wildman–Crippen MR) is 70.9 cm³/mol. The van der Waals surface area contributed by atoms with Crippen LogP contribution in [0.15, 0.2) is 24.3 Å². The molecule has 0 aliphatic heterocycles. The zero-order valence-corrected chi connectivity index (χ0v) is 11.0. The van der Waals surface area contributed by atoms with Gasteiger partial charge in [0.05, 0.1) is 12.3 Å². The van der Waals surface area contributed by atoms with Crippen molar-refractivity contribution in [3.8, 4) is 11.3 Å². The summed E-state index contributed by atoms with van der Waals surface area (Å²) in [6.45, 7) is 2.67. The van der Waals surface area contributed by atoms with Crippen LogP contribution in [0.4, 0.5) is 4.39 Å². The fraction of sp³-hybridized carbons (Fsp3) is 0.429. The summed E-state index contributed by atoms with van der Waals surface area (Å²) in [5, 5.41) is 17.3. The van der Waals surface area contributed by atoms with Crippen molar-refractivity contribution < 1.29 is 9.50 Å². The smallest absolute Gasteiger partial charge is 0.123 e. The summed E-state index contributed by atoms with van der Waals surface area (Å²) >= 11 is 0. The van der Waals surface area contributed by atoms with Gasteiger partial charge in [-0.2, -0.15) is 0 Å². The van der Waals surface area contributed by atoms with Gasteiger partial charge in [0.15, 0.2) is 0 Å². The second-order valence-electron chi connectivity index (χ2n) is 4.48. The zero-order chi connectivity index (χ0) is 13.7. The number of nitrogens with zero attached hydrogens (tertiary/aromatic N) is 3. The van der Waals surface area contributed by atoms with Crippen molar-refractivity contribution in [3.05, 3.63) is 35.8 Å². The van der Waals surface area contributed by atoms with E-state index in [-0.39, 0.29) is 12.4 Å². The Morgan fingerprint density at radius 3 is 2.84 bits per heavy atom. The van der Waals surface area contributed by atoms with E-state index in [0.717, 1.165) is 25.8 Å². The molecule has 0 saturated carbocycles. The van der Waals surface area contributed by atoms with Gasteiger partial charge in [-0.05, 0) is 18.6 Å². The highest BCUT2D eigenvalue weighted by Crippen LogP contribution is 2.23. The average Bonchev–Trinajstić information content (AvgIpc) is 2.82. The molecule has 5 heteroatoms. The number of hydrogen-bond acceptors (Lipinski definition) is 3. The van der Waals surface area contributed by atoms with Crippen LogP contribution in [0.2, 0.25) is 0 Å². The van der Waals surface area contributed by atoms with Gasteiger partial charge in [0, 0.05) is 12.1 Å². The molecule has 2 rings (SSSR count). The monoisotopic (exact) mass is 263 g/mol. The van der Waals surface area contributed by atoms with Crippen molar-refractivity contribution in [2.24, 2.45) is 0 Å². The number of aliphatic hydroxyl groups is 1. The Hall–Kier alpha value is -1.75. The summed E-state index contributed by atoms with van der Waals surface area (Å²) in [5.41, 5.74) is 1.89. The van der Waals surface area contributed by atoms with Crippen LogP contribution in [0.25, 0.3) is 11.3 Å². The zero-order valence-electron chi connectivity index (χ0n) is 11.0. The molecule has 0 spiro atoms. The van der Waals surface area contributed by atoms with Gasteiger partial charge in [-0.15, -0.1) is 5.10 Å². The molecule has 4 nitrogen and oxygen atoms in total. The number of aliphatic hydroxyl groups excluding tert-OH is 1. The lowest BCUT2D eigenvalue weighted by atomic mass is 10.1. The van der Waals surface area contributed by atoms with E-state index in [4.69, 9.17) is 0 Å². The van der Waals surface area contributed by atoms with Crippen LogP contribution >= 0.6 is 0 Å². The first-order valence-corrected chi connectivity index (χ1v) is 6.55. The van der Waals surface area contributed by atoms with E-state index >= 15 is 0 Å². The Bertz CT molecular complexity index is 539. The molecule has 0 bridgehead atoms. The molecule has 19 heavy (non-hydrogen) atoms. The SMILES string of the molecule is CCCCCn1nnc(CO)c1-c1cccc(F)c1. The van der Waals surface area contributed by atoms with E-state index < -0.39 is 0 Å². The summed E-state index contributed by atoms with van der Waals surface area (Å²) in [5.74, 6) is -0.303. The molecule has 0 unspecified atom stereocenters. The molecule has 1 aromatic carbocycles. The van der Waals surface area contributed by atoms with Crippen molar-refractivity contribution in [2.75, 3.05) is 0 Å². The topological polar surface area (TPSA) is 50.9 Å². The summed E-state index contributed by atoms with van der Waals surface area (Å²) < 4.78 is 15.1. The van der Waals surface area contributed by atoms with E-state index in [1.807, 2.05) is 0 Å². The van der Waals surface area contributed by atoms with Gasteiger partial charge < -0.3 is 5.11 Å². The van der Waals surface area contributed by atoms with Crippen LogP contribution in [0.1, 0.15) is 31.9 Å². The number of unbranched alkanes of at least 4 members (excludes halogenated alkanes) is 2. The predicted octanol–water partition coefficient (Wildman–Crippen LogP) is 2.77. The van der Waals surface area contributed by atoms with Crippen LogP contribution in [-0.4, -0.2) is 20.1 Å². The second-order valence-corrected chi connectivity index (χ2v) is 4.48. The third-order valence-electron chi connectivity index (χ3n) is 3.03. The number of benzene rings is 1. The van der Waals surface area contributed by atoms with Gasteiger partial charge in [-0.1, -0.05) is 37.1 Å². The number of hydrogen-bond donors (Lipinski definition) is 1. The van der Waals surface area contributed by atoms with E-state index in [1.54, 1.807) is 16.8 Å². The van der Waals surface area contributed by atoms with Gasteiger partial charge in [0.2, 0.25) is 0 Å². The minimum Gasteiger partial charge on any atom is -0.390 e. The summed E-state index contributed by atoms with van der Waals surface area (Å²) in [6.07, 6.45) is 3.22. The molecule has 0 saturated heterocycles. The maximum Gasteiger partial charge on any atom is 0.123 e. The highest BCUT2D eigenvalue weighted by Gasteiger charge is 2.14. The number of aromatic nitrogens is 3. The minimum atomic E-state index is -0.303. The summed E-state index contributed by atoms with van der Waals surface area (Å²) in [7, 11) is 0. The quantitative estimate of drug-likeness (QED) is 0.815. The summed E-state index contributed by atoms with van der Waals surface area (Å²) in [6, 6.07) is 6.29. The normalized spacial score (nSPS) is 10.9. The third-order valence-corrected chi connectivity index (χ3v) is 3.03. The molecular weight excluding hydrogens is 245 g/mol. The lowest BCUT2D eigenvalue weighted by molar-refractivity contribution is 0.277. The lowest BCUT2D eigenvalue weighted by Gasteiger charge is -2.07. The van der Waals surface area contributed by atoms with Crippen LogP contribution < -0.4 is 0 Å². The van der Waals surface area contributed by atoms with E-state index in [2.05, 4.69) is 17.2 Å². The lowest BCUT2D eigenvalue weighted by Crippen LogP contribution is -2.03. The fourth-order valence-electron chi connectivity index (χ4n) is 2.08. The molecular formula is C14H18FN3O. The molecule has 0 atom stereocenters. The van der Waals surface area contributed by atoms with Crippen molar-refractivity contribution in [2.45, 2.75) is 39.3 Å². The van der Waals surface area contributed by atoms with Crippen molar-refractivity contribution in [1.29, 1.82) is 0 Å². The van der Waals surface area contributed by atoms with Crippen LogP contribution in [0, 0.1) is 5.82 Å². The van der Waals surface area contributed by atoms with Gasteiger partial charge in [-0.3, -0.25) is 0 Å². The molecule has 0 radical (unpaired) electrons. The third kappa shape index (κ3) is 3.17. The van der Waals surface area contributed by atoms with Gasteiger partial charge in [0.1, 0.15) is 11.5 Å². The number of aryl methyl sites for hydroxylation is 1. The molecule has 2 aromatic rings. The molecule has 0 amide bonds. The maximum absolute atomic E-state index is 13.3. The van der Waals surface area contributed by atoms with Crippen LogP contribution in [0.5, 0.6) is 0 Å². The van der Waals surface area contributed by atoms with Crippen LogP contribution in [-0.2, 0) is 13.2 Å². The molecule has 1 aromatic heterocycles. The molecule has 1 heterocycles. The average molecular weight is 263 g/mol. The standard InChI is InChI=1S/C14H18FN3O/c1-2-3-4-8-18-14(13(10-19)16-17-18)11-6-5-7-12(15)9-11/h5-7,9,19H,2-4,8,10H2,1H3. The Balaban J connectivity index is 2.33. The Kier molecular flexibility index (Phi) is 4.63. The highest BCUT2D eigenvalue weighted by atomic mass is 19.1. The first-order chi connectivity index (χ1) is 9.26. The molecule has 102 valence electrons. The first-order valence-electron chi connectivity index (χ1n) is 6.55. The van der Waals surface area contributed by atoms with E-state index in [0.29, 0.717) is 17.0 Å². The molecule has 1 N–H and O–H groups in total. The number of halogens is 1. The van der Waals surface area contributed by atoms with Crippen LogP contribution in [0.3, 0.4) is 0 Å². The van der Waals surface area contributed by atoms with Crippen molar-refractivity contribution in [3.63, 3.8) is 0 Å².